The highest BCUT2D eigenvalue weighted by molar-refractivity contribution is 7.80. The van der Waals surface area contributed by atoms with Crippen molar-refractivity contribution in [2.24, 2.45) is 11.8 Å². The Morgan fingerprint density at radius 3 is 2.60 bits per heavy atom. The Balaban J connectivity index is 2.00. The second-order valence-electron chi connectivity index (χ2n) is 7.35. The van der Waals surface area contributed by atoms with Gasteiger partial charge in [-0.05, 0) is 87.0 Å². The largest absolute Gasteiger partial charge is 0.316 e. The summed E-state index contributed by atoms with van der Waals surface area (Å²) in [6, 6.07) is 8.54. The monoisotopic (exact) mass is 400 g/mol. The van der Waals surface area contributed by atoms with Gasteiger partial charge in [0, 0.05) is 23.9 Å². The lowest BCUT2D eigenvalue weighted by molar-refractivity contribution is 0.156. The van der Waals surface area contributed by atoms with Crippen LogP contribution in [0.4, 0.5) is 0 Å². The number of rotatable bonds is 10. The van der Waals surface area contributed by atoms with E-state index in [1.165, 1.54) is 44.3 Å². The van der Waals surface area contributed by atoms with Crippen LogP contribution in [0, 0.1) is 11.8 Å². The fourth-order valence-corrected chi connectivity index (χ4v) is 4.75. The van der Waals surface area contributed by atoms with Gasteiger partial charge in [-0.25, -0.2) is 0 Å². The molecule has 1 N–H and O–H groups in total. The highest BCUT2D eigenvalue weighted by Gasteiger charge is 2.30. The number of hydrogen-bond donors (Lipinski definition) is 3. The summed E-state index contributed by atoms with van der Waals surface area (Å²) in [5.41, 5.74) is 1.46. The van der Waals surface area contributed by atoms with E-state index >= 15 is 0 Å². The van der Waals surface area contributed by atoms with Crippen molar-refractivity contribution in [2.45, 2.75) is 31.6 Å². The van der Waals surface area contributed by atoms with Gasteiger partial charge in [-0.3, -0.25) is 0 Å². The molecule has 0 aromatic heterocycles. The third kappa shape index (κ3) is 7.34. The second-order valence-corrected chi connectivity index (χ2v) is 8.68. The zero-order valence-electron chi connectivity index (χ0n) is 15.3. The lowest BCUT2D eigenvalue weighted by atomic mass is 9.75. The number of thiol groups is 2. The van der Waals surface area contributed by atoms with Crippen molar-refractivity contribution < 1.29 is 0 Å². The Morgan fingerprint density at radius 2 is 1.92 bits per heavy atom. The van der Waals surface area contributed by atoms with Crippen LogP contribution in [0.3, 0.4) is 0 Å². The Morgan fingerprint density at radius 1 is 1.16 bits per heavy atom. The number of benzene rings is 1. The molecular formula is C20H33ClN2S2. The Bertz CT molecular complexity index is 483. The molecule has 1 fully saturated rings. The summed E-state index contributed by atoms with van der Waals surface area (Å²) in [5, 5.41) is 4.32. The molecule has 1 aromatic carbocycles. The molecule has 5 heteroatoms. The van der Waals surface area contributed by atoms with E-state index in [2.05, 4.69) is 54.7 Å². The minimum Gasteiger partial charge on any atom is -0.316 e. The van der Waals surface area contributed by atoms with Crippen LogP contribution in [0.1, 0.15) is 37.2 Å². The van der Waals surface area contributed by atoms with Gasteiger partial charge in [0.15, 0.2) is 0 Å². The lowest BCUT2D eigenvalue weighted by Crippen LogP contribution is -2.38. The van der Waals surface area contributed by atoms with E-state index in [0.29, 0.717) is 5.92 Å². The van der Waals surface area contributed by atoms with Crippen LogP contribution in [-0.4, -0.2) is 49.6 Å². The first-order chi connectivity index (χ1) is 12.1. The maximum absolute atomic E-state index is 6.09. The van der Waals surface area contributed by atoms with Gasteiger partial charge in [0.05, 0.1) is 0 Å². The topological polar surface area (TPSA) is 15.3 Å². The third-order valence-electron chi connectivity index (χ3n) is 5.43. The molecule has 0 radical (unpaired) electrons. The molecule has 142 valence electrons. The lowest BCUT2D eigenvalue weighted by Gasteiger charge is -2.39. The quantitative estimate of drug-likeness (QED) is 0.392. The summed E-state index contributed by atoms with van der Waals surface area (Å²) in [7, 11) is 2.26. The molecule has 0 saturated carbocycles. The number of nitrogens with zero attached hydrogens (tertiary/aromatic N) is 1. The van der Waals surface area contributed by atoms with Crippen molar-refractivity contribution >= 4 is 36.9 Å². The average Bonchev–Trinajstić information content (AvgIpc) is 2.60. The summed E-state index contributed by atoms with van der Waals surface area (Å²) >= 11 is 14.9. The fourth-order valence-electron chi connectivity index (χ4n) is 4.10. The van der Waals surface area contributed by atoms with Gasteiger partial charge in [-0.2, -0.15) is 25.3 Å². The van der Waals surface area contributed by atoms with E-state index in [0.717, 1.165) is 41.5 Å². The van der Waals surface area contributed by atoms with E-state index in [9.17, 15) is 0 Å². The predicted octanol–water partition coefficient (Wildman–Crippen LogP) is 4.61. The van der Waals surface area contributed by atoms with Gasteiger partial charge >= 0.3 is 0 Å². The van der Waals surface area contributed by atoms with Crippen LogP contribution in [0.2, 0.25) is 5.02 Å². The fraction of sp³-hybridized carbons (Fsp3) is 0.700. The first-order valence-corrected chi connectivity index (χ1v) is 11.1. The van der Waals surface area contributed by atoms with E-state index in [4.69, 9.17) is 11.6 Å². The van der Waals surface area contributed by atoms with Crippen LogP contribution in [0.15, 0.2) is 24.3 Å². The third-order valence-corrected chi connectivity index (χ3v) is 6.16. The van der Waals surface area contributed by atoms with Crippen molar-refractivity contribution in [3.05, 3.63) is 34.9 Å². The maximum atomic E-state index is 6.09. The molecule has 1 aliphatic heterocycles. The number of likely N-dealkylation sites (tertiary alicyclic amines) is 1. The van der Waals surface area contributed by atoms with Crippen LogP contribution < -0.4 is 5.32 Å². The van der Waals surface area contributed by atoms with Gasteiger partial charge in [-0.15, -0.1) is 0 Å². The number of piperidine rings is 1. The molecule has 25 heavy (non-hydrogen) atoms. The van der Waals surface area contributed by atoms with Crippen molar-refractivity contribution in [3.8, 4) is 0 Å². The Labute approximate surface area is 169 Å². The molecule has 2 nitrogen and oxygen atoms in total. The molecule has 1 aliphatic rings. The van der Waals surface area contributed by atoms with Crippen LogP contribution in [-0.2, 0) is 0 Å². The molecule has 3 atom stereocenters. The van der Waals surface area contributed by atoms with Gasteiger partial charge in [0.2, 0.25) is 0 Å². The Hall–Kier alpha value is 0.130. The van der Waals surface area contributed by atoms with Gasteiger partial charge in [0.25, 0.3) is 0 Å². The molecule has 0 amide bonds. The van der Waals surface area contributed by atoms with Gasteiger partial charge in [0.1, 0.15) is 0 Å². The first-order valence-electron chi connectivity index (χ1n) is 9.50. The zero-order valence-corrected chi connectivity index (χ0v) is 17.9. The second kappa shape index (κ2) is 11.8. The summed E-state index contributed by atoms with van der Waals surface area (Å²) in [6.45, 7) is 4.47. The maximum Gasteiger partial charge on any atom is 0.0406 e. The minimum absolute atomic E-state index is 0.654. The highest BCUT2D eigenvalue weighted by atomic mass is 35.5. The molecule has 0 bridgehead atoms. The van der Waals surface area contributed by atoms with Gasteiger partial charge in [-0.1, -0.05) is 23.7 Å². The van der Waals surface area contributed by atoms with Crippen molar-refractivity contribution in [3.63, 3.8) is 0 Å². The van der Waals surface area contributed by atoms with E-state index in [1.807, 2.05) is 12.1 Å². The molecule has 1 saturated heterocycles. The molecular weight excluding hydrogens is 368 g/mol. The summed E-state index contributed by atoms with van der Waals surface area (Å²) in [6.07, 6.45) is 4.98. The van der Waals surface area contributed by atoms with E-state index in [1.54, 1.807) is 0 Å². The summed E-state index contributed by atoms with van der Waals surface area (Å²) in [4.78, 5) is 2.49. The SMILES string of the molecule is CN1CCC(c2ccc(Cl)cc2)[C@@H](CC(CCS)CCNCCS)C1. The van der Waals surface area contributed by atoms with Gasteiger partial charge < -0.3 is 10.2 Å². The van der Waals surface area contributed by atoms with E-state index in [-0.39, 0.29) is 0 Å². The van der Waals surface area contributed by atoms with Crippen LogP contribution in [0.25, 0.3) is 0 Å². The van der Waals surface area contributed by atoms with Crippen LogP contribution >= 0.6 is 36.9 Å². The first kappa shape index (κ1) is 21.4. The summed E-state index contributed by atoms with van der Waals surface area (Å²) < 4.78 is 0. The molecule has 2 rings (SSSR count). The molecule has 2 unspecified atom stereocenters. The number of halogens is 1. The summed E-state index contributed by atoms with van der Waals surface area (Å²) in [5.74, 6) is 4.00. The zero-order chi connectivity index (χ0) is 18.1. The molecule has 1 aromatic rings. The molecule has 0 spiro atoms. The van der Waals surface area contributed by atoms with Crippen LogP contribution in [0.5, 0.6) is 0 Å². The van der Waals surface area contributed by atoms with Crippen molar-refractivity contribution in [1.29, 1.82) is 0 Å². The molecule has 0 aliphatic carbocycles. The Kier molecular flexibility index (Phi) is 10.1. The minimum atomic E-state index is 0.654. The highest BCUT2D eigenvalue weighted by Crippen LogP contribution is 2.38. The molecule has 1 heterocycles. The number of nitrogens with one attached hydrogen (secondary N) is 1. The number of hydrogen-bond acceptors (Lipinski definition) is 4. The standard InChI is InChI=1S/C20H33ClN2S2/c1-23-11-7-20(17-2-4-19(21)5-3-17)18(15-23)14-16(8-12-24)6-9-22-10-13-25/h2-5,16,18,20,22,24-25H,6-15H2,1H3/t16?,18-,20?/m0/s1. The van der Waals surface area contributed by atoms with Crippen molar-refractivity contribution in [1.82, 2.24) is 10.2 Å². The van der Waals surface area contributed by atoms with Crippen molar-refractivity contribution in [2.75, 3.05) is 44.7 Å². The predicted molar refractivity (Wildman–Crippen MR) is 118 cm³/mol. The average molecular weight is 401 g/mol. The normalized spacial score (nSPS) is 22.9. The van der Waals surface area contributed by atoms with E-state index < -0.39 is 0 Å². The smallest absolute Gasteiger partial charge is 0.0406 e.